The molecule has 1 N–H and O–H groups in total. The van der Waals surface area contributed by atoms with E-state index in [0.29, 0.717) is 39.6 Å². The number of benzene rings is 1. The van der Waals surface area contributed by atoms with Gasteiger partial charge in [-0.25, -0.2) is 4.98 Å². The lowest BCUT2D eigenvalue weighted by atomic mass is 10.0. The molecule has 0 fully saturated rings. The molecular weight excluding hydrogens is 463 g/mol. The summed E-state index contributed by atoms with van der Waals surface area (Å²) >= 11 is 0. The number of hydrogen-bond acceptors (Lipinski definition) is 6. The van der Waals surface area contributed by atoms with E-state index in [1.54, 1.807) is 57.2 Å². The maximum atomic E-state index is 13.2. The highest BCUT2D eigenvalue weighted by molar-refractivity contribution is 6.11. The summed E-state index contributed by atoms with van der Waals surface area (Å²) in [5.74, 6) is 0.0624. The zero-order valence-corrected chi connectivity index (χ0v) is 19.4. The number of anilines is 1. The Labute approximate surface area is 200 Å². The molecule has 0 aliphatic carbocycles. The smallest absolute Gasteiger partial charge is 0.422 e. The van der Waals surface area contributed by atoms with Gasteiger partial charge >= 0.3 is 6.18 Å². The molecule has 4 rings (SSSR count). The number of halogens is 3. The second kappa shape index (κ2) is 9.18. The van der Waals surface area contributed by atoms with E-state index >= 15 is 0 Å². The number of nitrogens with zero attached hydrogens (tertiary/aromatic N) is 3. The van der Waals surface area contributed by atoms with Gasteiger partial charge in [-0.1, -0.05) is 12.1 Å². The Bertz CT molecular complexity index is 1240. The molecule has 0 bridgehead atoms. The van der Waals surface area contributed by atoms with Crippen LogP contribution in [0.15, 0.2) is 48.7 Å². The van der Waals surface area contributed by atoms with Crippen molar-refractivity contribution in [2.24, 2.45) is 0 Å². The summed E-state index contributed by atoms with van der Waals surface area (Å²) in [5.41, 5.74) is 1.83. The molecule has 3 aromatic rings. The number of aryl methyl sites for hydroxylation is 1. The van der Waals surface area contributed by atoms with Gasteiger partial charge in [-0.3, -0.25) is 9.78 Å². The first-order valence-corrected chi connectivity index (χ1v) is 10.8. The summed E-state index contributed by atoms with van der Waals surface area (Å²) in [7, 11) is 0. The van der Waals surface area contributed by atoms with Crippen LogP contribution >= 0.6 is 0 Å². The largest absolute Gasteiger partial charge is 0.483 e. The van der Waals surface area contributed by atoms with Crippen LogP contribution in [0.5, 0.6) is 11.6 Å². The molecule has 1 amide bonds. The molecule has 0 saturated carbocycles. The minimum Gasteiger partial charge on any atom is -0.483 e. The molecule has 0 saturated heterocycles. The fourth-order valence-corrected chi connectivity index (χ4v) is 3.67. The van der Waals surface area contributed by atoms with Crippen LogP contribution in [0.1, 0.15) is 35.5 Å². The minimum atomic E-state index is -4.49. The van der Waals surface area contributed by atoms with Crippen molar-refractivity contribution in [3.63, 3.8) is 0 Å². The Hall–Kier alpha value is -3.66. The number of para-hydroxylation sites is 1. The van der Waals surface area contributed by atoms with Crippen molar-refractivity contribution in [3.8, 4) is 22.9 Å². The van der Waals surface area contributed by atoms with E-state index in [2.05, 4.69) is 9.97 Å². The Kier molecular flexibility index (Phi) is 6.42. The normalized spacial score (nSPS) is 13.7. The maximum absolute atomic E-state index is 13.2. The highest BCUT2D eigenvalue weighted by Gasteiger charge is 2.34. The third-order valence-corrected chi connectivity index (χ3v) is 5.18. The molecule has 1 aliphatic heterocycles. The molecular formula is C25H24F3N3O4. The first kappa shape index (κ1) is 24.5. The molecule has 0 atom stereocenters. The van der Waals surface area contributed by atoms with Crippen molar-refractivity contribution < 1.29 is 32.5 Å². The zero-order chi connectivity index (χ0) is 25.4. The highest BCUT2D eigenvalue weighted by Crippen LogP contribution is 2.38. The molecule has 184 valence electrons. The number of carbonyl (C=O) groups excluding carboxylic acids is 1. The van der Waals surface area contributed by atoms with Gasteiger partial charge in [0.2, 0.25) is 5.88 Å². The van der Waals surface area contributed by atoms with E-state index < -0.39 is 18.4 Å². The van der Waals surface area contributed by atoms with Gasteiger partial charge in [0.05, 0.1) is 29.7 Å². The van der Waals surface area contributed by atoms with Crippen molar-refractivity contribution in [2.45, 2.75) is 39.1 Å². The van der Waals surface area contributed by atoms with Crippen molar-refractivity contribution in [1.82, 2.24) is 9.97 Å². The van der Waals surface area contributed by atoms with Crippen LogP contribution in [0.2, 0.25) is 0 Å². The number of fused-ring (bicyclic) bond motifs is 1. The topological polar surface area (TPSA) is 84.8 Å². The molecule has 2 aromatic heterocycles. The molecule has 7 nitrogen and oxygen atoms in total. The van der Waals surface area contributed by atoms with E-state index in [1.165, 1.54) is 17.2 Å². The van der Waals surface area contributed by atoms with Crippen molar-refractivity contribution in [3.05, 3.63) is 65.5 Å². The van der Waals surface area contributed by atoms with Crippen LogP contribution in [0, 0.1) is 6.92 Å². The van der Waals surface area contributed by atoms with Crippen molar-refractivity contribution in [2.75, 3.05) is 18.1 Å². The second-order valence-electron chi connectivity index (χ2n) is 8.89. The summed E-state index contributed by atoms with van der Waals surface area (Å²) in [4.78, 5) is 23.5. The number of carbonyl (C=O) groups is 1. The Balaban J connectivity index is 1.64. The number of aliphatic hydroxyl groups is 1. The quantitative estimate of drug-likeness (QED) is 0.520. The number of pyridine rings is 2. The molecule has 3 heterocycles. The van der Waals surface area contributed by atoms with E-state index in [1.807, 2.05) is 0 Å². The summed E-state index contributed by atoms with van der Waals surface area (Å²) in [5, 5.41) is 9.80. The van der Waals surface area contributed by atoms with Crippen LogP contribution in [-0.2, 0) is 6.54 Å². The third kappa shape index (κ3) is 5.71. The summed E-state index contributed by atoms with van der Waals surface area (Å²) in [6.45, 7) is 3.72. The van der Waals surface area contributed by atoms with Gasteiger partial charge in [0.1, 0.15) is 12.4 Å². The fourth-order valence-electron chi connectivity index (χ4n) is 3.67. The average molecular weight is 487 g/mol. The number of hydrogen-bond donors (Lipinski definition) is 1. The number of amides is 1. The first-order chi connectivity index (χ1) is 16.4. The molecule has 0 spiro atoms. The van der Waals surface area contributed by atoms with Gasteiger partial charge in [-0.05, 0) is 45.0 Å². The van der Waals surface area contributed by atoms with Gasteiger partial charge in [-0.15, -0.1) is 0 Å². The predicted octanol–water partition coefficient (Wildman–Crippen LogP) is 4.70. The number of alkyl halides is 3. The van der Waals surface area contributed by atoms with Gasteiger partial charge in [0.15, 0.2) is 6.61 Å². The molecule has 1 aromatic carbocycles. The van der Waals surface area contributed by atoms with Crippen LogP contribution in [0.4, 0.5) is 18.9 Å². The minimum absolute atomic E-state index is 0.0333. The number of ether oxygens (including phenoxy) is 2. The Morgan fingerprint density at radius 1 is 1.06 bits per heavy atom. The lowest BCUT2D eigenvalue weighted by Gasteiger charge is -2.18. The van der Waals surface area contributed by atoms with Crippen molar-refractivity contribution >= 4 is 11.6 Å². The second-order valence-corrected chi connectivity index (χ2v) is 8.89. The lowest BCUT2D eigenvalue weighted by molar-refractivity contribution is -0.153. The fraction of sp³-hybridized carbons (Fsp3) is 0.320. The summed E-state index contributed by atoms with van der Waals surface area (Å²) < 4.78 is 48.8. The Morgan fingerprint density at radius 3 is 2.46 bits per heavy atom. The molecule has 0 unspecified atom stereocenters. The van der Waals surface area contributed by atoms with Crippen LogP contribution < -0.4 is 14.4 Å². The van der Waals surface area contributed by atoms with Gasteiger partial charge in [0, 0.05) is 28.5 Å². The van der Waals surface area contributed by atoms with E-state index in [-0.39, 0.29) is 24.8 Å². The number of aromatic nitrogens is 2. The van der Waals surface area contributed by atoms with Gasteiger partial charge in [-0.2, -0.15) is 13.2 Å². The van der Waals surface area contributed by atoms with Gasteiger partial charge < -0.3 is 19.5 Å². The van der Waals surface area contributed by atoms with Crippen LogP contribution in [0.25, 0.3) is 11.3 Å². The monoisotopic (exact) mass is 487 g/mol. The highest BCUT2D eigenvalue weighted by atomic mass is 19.4. The van der Waals surface area contributed by atoms with E-state index in [9.17, 15) is 23.1 Å². The van der Waals surface area contributed by atoms with Crippen LogP contribution in [-0.4, -0.2) is 46.0 Å². The summed E-state index contributed by atoms with van der Waals surface area (Å²) in [6.07, 6.45) is -3.00. The predicted molar refractivity (Wildman–Crippen MR) is 123 cm³/mol. The summed E-state index contributed by atoms with van der Waals surface area (Å²) in [6, 6.07) is 11.3. The Morgan fingerprint density at radius 2 is 1.80 bits per heavy atom. The first-order valence-electron chi connectivity index (χ1n) is 10.8. The molecule has 0 radical (unpaired) electrons. The zero-order valence-electron chi connectivity index (χ0n) is 19.4. The number of rotatable bonds is 7. The van der Waals surface area contributed by atoms with Crippen LogP contribution in [0.3, 0.4) is 0 Å². The average Bonchev–Trinajstić information content (AvgIpc) is 3.12. The van der Waals surface area contributed by atoms with E-state index in [4.69, 9.17) is 9.47 Å². The molecule has 1 aliphatic rings. The molecule has 10 heteroatoms. The van der Waals surface area contributed by atoms with E-state index in [0.717, 1.165) is 0 Å². The maximum Gasteiger partial charge on any atom is 0.422 e. The molecule has 35 heavy (non-hydrogen) atoms. The lowest BCUT2D eigenvalue weighted by Crippen LogP contribution is -2.28. The SMILES string of the molecule is Cc1cc2c(c(-c3ccccc3OCC(F)(F)F)n1)CN(c1ccc(OCC(C)(C)O)nc1)C2=O. The standard InChI is InChI=1S/C25H24F3N3O4/c1-15-10-18-19(22(30-15)17-6-4-5-7-20(17)34-14-25(26,27)28)12-31(23(18)32)16-8-9-21(29-11-16)35-13-24(2,3)33/h4-11,33H,12-14H2,1-3H3. The van der Waals surface area contributed by atoms with Crippen molar-refractivity contribution in [1.29, 1.82) is 0 Å². The third-order valence-electron chi connectivity index (χ3n) is 5.18. The van der Waals surface area contributed by atoms with Gasteiger partial charge in [0.25, 0.3) is 5.91 Å².